The second-order valence-corrected chi connectivity index (χ2v) is 7.91. The molecule has 1 fully saturated rings. The van der Waals surface area contributed by atoms with Crippen LogP contribution in [0.1, 0.15) is 39.5 Å². The number of nitrogens with zero attached hydrogens (tertiary/aromatic N) is 2. The Labute approximate surface area is 141 Å². The smallest absolute Gasteiger partial charge is 0.328 e. The third kappa shape index (κ3) is 4.14. The second-order valence-electron chi connectivity index (χ2n) is 6.05. The van der Waals surface area contributed by atoms with Gasteiger partial charge in [0.25, 0.3) is 5.56 Å². The van der Waals surface area contributed by atoms with Gasteiger partial charge in [0.2, 0.25) is 10.0 Å². The number of morpholine rings is 1. The van der Waals surface area contributed by atoms with E-state index in [-0.39, 0.29) is 30.7 Å². The molecule has 0 saturated carbocycles. The van der Waals surface area contributed by atoms with Crippen LogP contribution in [0.4, 0.5) is 0 Å². The Balaban J connectivity index is 2.31. The number of rotatable bonds is 7. The van der Waals surface area contributed by atoms with Crippen LogP contribution in [0.25, 0.3) is 0 Å². The minimum atomic E-state index is -3.97. The third-order valence-electron chi connectivity index (χ3n) is 4.12. The van der Waals surface area contributed by atoms with Gasteiger partial charge < -0.3 is 4.74 Å². The second kappa shape index (κ2) is 8.09. The molecule has 1 saturated heterocycles. The van der Waals surface area contributed by atoms with E-state index in [1.54, 1.807) is 6.92 Å². The zero-order valence-electron chi connectivity index (χ0n) is 14.2. The van der Waals surface area contributed by atoms with Crippen LogP contribution in [-0.4, -0.2) is 48.1 Å². The Hall–Kier alpha value is -1.45. The van der Waals surface area contributed by atoms with Crippen molar-refractivity contribution in [1.82, 2.24) is 13.9 Å². The monoisotopic (exact) mass is 359 g/mol. The van der Waals surface area contributed by atoms with E-state index in [1.165, 1.54) is 15.1 Å². The first-order valence-corrected chi connectivity index (χ1v) is 9.75. The Morgan fingerprint density at radius 3 is 2.71 bits per heavy atom. The van der Waals surface area contributed by atoms with Crippen LogP contribution in [0.2, 0.25) is 0 Å². The van der Waals surface area contributed by atoms with E-state index in [0.717, 1.165) is 25.7 Å². The highest BCUT2D eigenvalue weighted by Crippen LogP contribution is 2.17. The number of H-pyrrole nitrogens is 1. The lowest BCUT2D eigenvalue weighted by Crippen LogP contribution is -2.48. The highest BCUT2D eigenvalue weighted by Gasteiger charge is 2.33. The van der Waals surface area contributed by atoms with E-state index < -0.39 is 21.3 Å². The molecule has 1 atom stereocenters. The summed E-state index contributed by atoms with van der Waals surface area (Å²) in [6, 6.07) is -0.354. The molecule has 0 radical (unpaired) electrons. The Kier molecular flexibility index (Phi) is 6.36. The van der Waals surface area contributed by atoms with E-state index in [9.17, 15) is 18.0 Å². The number of nitrogens with one attached hydrogen (secondary N) is 1. The summed E-state index contributed by atoms with van der Waals surface area (Å²) >= 11 is 0. The van der Waals surface area contributed by atoms with Crippen LogP contribution in [-0.2, 0) is 21.3 Å². The molecule has 1 aromatic heterocycles. The van der Waals surface area contributed by atoms with Crippen LogP contribution >= 0.6 is 0 Å². The predicted octanol–water partition coefficient (Wildman–Crippen LogP) is 0.526. The number of aromatic nitrogens is 2. The van der Waals surface area contributed by atoms with Crippen LogP contribution in [0.5, 0.6) is 0 Å². The molecule has 1 aromatic rings. The Bertz CT molecular complexity index is 768. The largest absolute Gasteiger partial charge is 0.378 e. The van der Waals surface area contributed by atoms with Gasteiger partial charge in [0.15, 0.2) is 4.90 Å². The standard InChI is InChI=1S/C15H25N3O5S/c1-3-4-5-6-7-17-10-13(14(19)16-15(17)20)24(21,22)18-8-9-23-11-12(18)2/h10,12H,3-9,11H2,1-2H3,(H,16,19,20)/t12-/m1/s1. The minimum Gasteiger partial charge on any atom is -0.378 e. The normalized spacial score (nSPS) is 19.5. The number of ether oxygens (including phenoxy) is 1. The van der Waals surface area contributed by atoms with Crippen molar-refractivity contribution in [3.8, 4) is 0 Å². The van der Waals surface area contributed by atoms with Crippen molar-refractivity contribution in [2.45, 2.75) is 57.0 Å². The van der Waals surface area contributed by atoms with E-state index in [4.69, 9.17) is 4.74 Å². The third-order valence-corrected chi connectivity index (χ3v) is 6.13. The molecule has 1 aliphatic heterocycles. The summed E-state index contributed by atoms with van der Waals surface area (Å²) in [6.45, 7) is 4.97. The van der Waals surface area contributed by atoms with Gasteiger partial charge in [0, 0.05) is 25.3 Å². The molecule has 8 nitrogen and oxygen atoms in total. The van der Waals surface area contributed by atoms with Crippen molar-refractivity contribution in [2.75, 3.05) is 19.8 Å². The van der Waals surface area contributed by atoms with Gasteiger partial charge in [-0.05, 0) is 13.3 Å². The fraction of sp³-hybridized carbons (Fsp3) is 0.733. The lowest BCUT2D eigenvalue weighted by molar-refractivity contribution is 0.0392. The van der Waals surface area contributed by atoms with Gasteiger partial charge >= 0.3 is 5.69 Å². The molecule has 0 spiro atoms. The summed E-state index contributed by atoms with van der Waals surface area (Å²) in [5.41, 5.74) is -1.45. The molecule has 24 heavy (non-hydrogen) atoms. The van der Waals surface area contributed by atoms with E-state index in [1.807, 2.05) is 0 Å². The molecule has 2 rings (SSSR count). The number of hydrogen-bond acceptors (Lipinski definition) is 5. The Morgan fingerprint density at radius 1 is 1.29 bits per heavy atom. The summed E-state index contributed by atoms with van der Waals surface area (Å²) in [5.74, 6) is 0. The van der Waals surface area contributed by atoms with Gasteiger partial charge in [-0.25, -0.2) is 13.2 Å². The van der Waals surface area contributed by atoms with Gasteiger partial charge in [-0.2, -0.15) is 4.31 Å². The first-order valence-electron chi connectivity index (χ1n) is 8.31. The van der Waals surface area contributed by atoms with Crippen molar-refractivity contribution >= 4 is 10.0 Å². The van der Waals surface area contributed by atoms with Crippen LogP contribution < -0.4 is 11.2 Å². The molecule has 0 bridgehead atoms. The molecule has 1 N–H and O–H groups in total. The van der Waals surface area contributed by atoms with Gasteiger partial charge in [-0.1, -0.05) is 26.2 Å². The predicted molar refractivity (Wildman–Crippen MR) is 89.6 cm³/mol. The summed E-state index contributed by atoms with van der Waals surface area (Å²) in [6.07, 6.45) is 4.99. The quantitative estimate of drug-likeness (QED) is 0.716. The van der Waals surface area contributed by atoms with Gasteiger partial charge in [-0.15, -0.1) is 0 Å². The molecular formula is C15H25N3O5S. The number of sulfonamides is 1. The maximum absolute atomic E-state index is 12.8. The van der Waals surface area contributed by atoms with E-state index in [0.29, 0.717) is 6.54 Å². The molecule has 0 amide bonds. The van der Waals surface area contributed by atoms with Crippen molar-refractivity contribution in [3.63, 3.8) is 0 Å². The van der Waals surface area contributed by atoms with Gasteiger partial charge in [0.05, 0.1) is 13.2 Å². The molecule has 0 unspecified atom stereocenters. The number of aromatic amines is 1. The van der Waals surface area contributed by atoms with Gasteiger partial charge in [0.1, 0.15) is 0 Å². The average molecular weight is 359 g/mol. The summed E-state index contributed by atoms with van der Waals surface area (Å²) in [5, 5.41) is 0. The number of unbranched alkanes of at least 4 members (excludes halogenated alkanes) is 3. The zero-order valence-corrected chi connectivity index (χ0v) is 15.0. The first-order chi connectivity index (χ1) is 11.4. The van der Waals surface area contributed by atoms with Crippen molar-refractivity contribution in [2.24, 2.45) is 0 Å². The maximum Gasteiger partial charge on any atom is 0.328 e. The van der Waals surface area contributed by atoms with Crippen LogP contribution in [0.15, 0.2) is 20.7 Å². The minimum absolute atomic E-state index is 0.193. The number of hydrogen-bond donors (Lipinski definition) is 1. The highest BCUT2D eigenvalue weighted by atomic mass is 32.2. The van der Waals surface area contributed by atoms with Crippen molar-refractivity contribution in [3.05, 3.63) is 27.0 Å². The number of aryl methyl sites for hydroxylation is 1. The lowest BCUT2D eigenvalue weighted by Gasteiger charge is -2.31. The average Bonchev–Trinajstić information content (AvgIpc) is 2.53. The molecule has 0 aliphatic carbocycles. The lowest BCUT2D eigenvalue weighted by atomic mass is 10.2. The SMILES string of the molecule is CCCCCCn1cc(S(=O)(=O)N2CCOC[C@H]2C)c(=O)[nH]c1=O. The summed E-state index contributed by atoms with van der Waals surface area (Å²) < 4.78 is 33.4. The highest BCUT2D eigenvalue weighted by molar-refractivity contribution is 7.89. The molecule has 2 heterocycles. The van der Waals surface area contributed by atoms with Gasteiger partial charge in [-0.3, -0.25) is 14.3 Å². The summed E-state index contributed by atoms with van der Waals surface area (Å²) in [4.78, 5) is 25.7. The molecule has 136 valence electrons. The molecule has 1 aliphatic rings. The fourth-order valence-electron chi connectivity index (χ4n) is 2.74. The van der Waals surface area contributed by atoms with Crippen LogP contribution in [0, 0.1) is 0 Å². The molecule has 9 heteroatoms. The summed E-state index contributed by atoms with van der Waals surface area (Å²) in [7, 11) is -3.97. The van der Waals surface area contributed by atoms with Crippen molar-refractivity contribution < 1.29 is 13.2 Å². The maximum atomic E-state index is 12.8. The van der Waals surface area contributed by atoms with E-state index >= 15 is 0 Å². The van der Waals surface area contributed by atoms with Crippen molar-refractivity contribution in [1.29, 1.82) is 0 Å². The topological polar surface area (TPSA) is 101 Å². The molecule has 0 aromatic carbocycles. The zero-order chi connectivity index (χ0) is 17.7. The first kappa shape index (κ1) is 18.9. The fourth-order valence-corrected chi connectivity index (χ4v) is 4.39. The van der Waals surface area contributed by atoms with E-state index in [2.05, 4.69) is 11.9 Å². The van der Waals surface area contributed by atoms with Crippen LogP contribution in [0.3, 0.4) is 0 Å². The molecular weight excluding hydrogens is 334 g/mol. The Morgan fingerprint density at radius 2 is 2.04 bits per heavy atom.